The van der Waals surface area contributed by atoms with Gasteiger partial charge in [0.1, 0.15) is 0 Å². The zero-order valence-electron chi connectivity index (χ0n) is 9.18. The Morgan fingerprint density at radius 1 is 1.50 bits per heavy atom. The fourth-order valence-corrected chi connectivity index (χ4v) is 2.53. The van der Waals surface area contributed by atoms with Gasteiger partial charge in [0.2, 0.25) is 0 Å². The number of thiophene rings is 1. The minimum Gasteiger partial charge on any atom is -0.271 e. The summed E-state index contributed by atoms with van der Waals surface area (Å²) in [6, 6.07) is 6.30. The summed E-state index contributed by atoms with van der Waals surface area (Å²) in [6.07, 6.45) is 4.53. The normalized spacial score (nSPS) is 12.6. The Morgan fingerprint density at radius 2 is 2.38 bits per heavy atom. The van der Waals surface area contributed by atoms with E-state index < -0.39 is 0 Å². The molecule has 0 aliphatic heterocycles. The van der Waals surface area contributed by atoms with E-state index in [0.29, 0.717) is 0 Å². The van der Waals surface area contributed by atoms with Gasteiger partial charge in [0, 0.05) is 17.3 Å². The van der Waals surface area contributed by atoms with Crippen molar-refractivity contribution in [3.63, 3.8) is 0 Å². The molecule has 0 spiro atoms. The van der Waals surface area contributed by atoms with Gasteiger partial charge < -0.3 is 0 Å². The van der Waals surface area contributed by atoms with Gasteiger partial charge in [-0.05, 0) is 42.0 Å². The van der Waals surface area contributed by atoms with Crippen LogP contribution in [0.25, 0.3) is 0 Å². The van der Waals surface area contributed by atoms with Crippen molar-refractivity contribution in [3.8, 4) is 0 Å². The molecule has 3 nitrogen and oxygen atoms in total. The van der Waals surface area contributed by atoms with Crippen molar-refractivity contribution in [2.75, 3.05) is 0 Å². The first-order valence-corrected chi connectivity index (χ1v) is 6.08. The molecule has 2 aromatic heterocycles. The summed E-state index contributed by atoms with van der Waals surface area (Å²) in [5.74, 6) is 5.61. The van der Waals surface area contributed by atoms with E-state index in [-0.39, 0.29) is 6.04 Å². The molecule has 0 radical (unpaired) electrons. The molecule has 2 rings (SSSR count). The maximum absolute atomic E-state index is 5.61. The van der Waals surface area contributed by atoms with Gasteiger partial charge in [-0.15, -0.1) is 11.3 Å². The molecule has 0 aliphatic rings. The molecule has 0 aliphatic carbocycles. The zero-order chi connectivity index (χ0) is 11.4. The van der Waals surface area contributed by atoms with Crippen LogP contribution < -0.4 is 11.3 Å². The summed E-state index contributed by atoms with van der Waals surface area (Å²) in [7, 11) is 0. The Morgan fingerprint density at radius 3 is 2.94 bits per heavy atom. The second-order valence-electron chi connectivity index (χ2n) is 3.72. The van der Waals surface area contributed by atoms with Crippen molar-refractivity contribution in [1.82, 2.24) is 10.4 Å². The predicted octanol–water partition coefficient (Wildman–Crippen LogP) is 2.20. The lowest BCUT2D eigenvalue weighted by molar-refractivity contribution is 0.550. The summed E-state index contributed by atoms with van der Waals surface area (Å²) in [5.41, 5.74) is 5.34. The van der Waals surface area contributed by atoms with E-state index in [1.165, 1.54) is 16.0 Å². The second kappa shape index (κ2) is 5.21. The number of nitrogens with zero attached hydrogens (tertiary/aromatic N) is 1. The molecule has 0 amide bonds. The van der Waals surface area contributed by atoms with Crippen LogP contribution in [0.4, 0.5) is 0 Å². The summed E-state index contributed by atoms with van der Waals surface area (Å²) in [4.78, 5) is 5.42. The lowest BCUT2D eigenvalue weighted by atomic mass is 10.0. The Labute approximate surface area is 99.3 Å². The van der Waals surface area contributed by atoms with Gasteiger partial charge in [-0.25, -0.2) is 0 Å². The highest BCUT2D eigenvalue weighted by Gasteiger charge is 2.13. The van der Waals surface area contributed by atoms with E-state index in [1.54, 1.807) is 17.5 Å². The highest BCUT2D eigenvalue weighted by molar-refractivity contribution is 7.10. The van der Waals surface area contributed by atoms with Crippen molar-refractivity contribution in [2.45, 2.75) is 19.4 Å². The van der Waals surface area contributed by atoms with Crippen LogP contribution in [0.1, 0.15) is 22.0 Å². The Hall–Kier alpha value is -1.23. The number of nitrogens with two attached hydrogens (primary N) is 1. The summed E-state index contributed by atoms with van der Waals surface area (Å²) in [6.45, 7) is 2.12. The van der Waals surface area contributed by atoms with E-state index in [9.17, 15) is 0 Å². The largest absolute Gasteiger partial charge is 0.271 e. The third-order valence-corrected chi connectivity index (χ3v) is 3.50. The lowest BCUT2D eigenvalue weighted by Gasteiger charge is -2.15. The number of nitrogens with one attached hydrogen (secondary N) is 1. The van der Waals surface area contributed by atoms with Crippen LogP contribution in [-0.4, -0.2) is 4.98 Å². The maximum atomic E-state index is 5.61. The molecule has 3 N–H and O–H groups in total. The molecule has 1 atom stereocenters. The maximum Gasteiger partial charge on any atom is 0.0511 e. The molecule has 4 heteroatoms. The Kier molecular flexibility index (Phi) is 3.66. The third-order valence-electron chi connectivity index (χ3n) is 2.64. The predicted molar refractivity (Wildman–Crippen MR) is 67.1 cm³/mol. The number of aromatic nitrogens is 1. The first-order valence-electron chi connectivity index (χ1n) is 5.20. The number of aryl methyl sites for hydroxylation is 1. The van der Waals surface area contributed by atoms with Gasteiger partial charge in [-0.1, -0.05) is 6.07 Å². The lowest BCUT2D eigenvalue weighted by Crippen LogP contribution is -2.29. The number of hydrogen-bond acceptors (Lipinski definition) is 4. The molecule has 16 heavy (non-hydrogen) atoms. The van der Waals surface area contributed by atoms with E-state index in [1.807, 2.05) is 12.3 Å². The van der Waals surface area contributed by atoms with Crippen LogP contribution in [0.15, 0.2) is 36.0 Å². The molecule has 2 aromatic rings. The van der Waals surface area contributed by atoms with Crippen molar-refractivity contribution < 1.29 is 0 Å². The average molecular weight is 233 g/mol. The summed E-state index contributed by atoms with van der Waals surface area (Å²) >= 11 is 1.75. The van der Waals surface area contributed by atoms with Gasteiger partial charge in [0.05, 0.1) is 6.04 Å². The average Bonchev–Trinajstić information content (AvgIpc) is 2.74. The molecular formula is C12H15N3S. The molecule has 0 bridgehead atoms. The van der Waals surface area contributed by atoms with Gasteiger partial charge in [0.25, 0.3) is 0 Å². The van der Waals surface area contributed by atoms with Crippen molar-refractivity contribution >= 4 is 11.3 Å². The summed E-state index contributed by atoms with van der Waals surface area (Å²) < 4.78 is 0. The standard InChI is InChI=1S/C12H15N3S/c1-9-11(4-6-16-9)12(15-13)7-10-3-2-5-14-8-10/h2-6,8,12,15H,7,13H2,1H3. The molecule has 0 fully saturated rings. The minimum absolute atomic E-state index is 0.162. The second-order valence-corrected chi connectivity index (χ2v) is 4.84. The fraction of sp³-hybridized carbons (Fsp3) is 0.250. The molecule has 0 aromatic carbocycles. The number of rotatable bonds is 4. The molecule has 2 heterocycles. The Bertz CT molecular complexity index is 439. The third kappa shape index (κ3) is 2.47. The first kappa shape index (κ1) is 11.3. The van der Waals surface area contributed by atoms with Crippen LogP contribution in [0, 0.1) is 6.92 Å². The van der Waals surface area contributed by atoms with Crippen LogP contribution >= 0.6 is 11.3 Å². The van der Waals surface area contributed by atoms with Crippen LogP contribution in [0.2, 0.25) is 0 Å². The molecular weight excluding hydrogens is 218 g/mol. The highest BCUT2D eigenvalue weighted by atomic mass is 32.1. The monoisotopic (exact) mass is 233 g/mol. The molecule has 0 saturated carbocycles. The van der Waals surface area contributed by atoms with E-state index in [2.05, 4.69) is 34.8 Å². The van der Waals surface area contributed by atoms with E-state index in [4.69, 9.17) is 5.84 Å². The van der Waals surface area contributed by atoms with Gasteiger partial charge in [-0.3, -0.25) is 16.3 Å². The smallest absolute Gasteiger partial charge is 0.0511 e. The Balaban J connectivity index is 2.16. The van der Waals surface area contributed by atoms with Crippen molar-refractivity contribution in [3.05, 3.63) is 52.0 Å². The van der Waals surface area contributed by atoms with E-state index in [0.717, 1.165) is 6.42 Å². The van der Waals surface area contributed by atoms with Crippen LogP contribution in [0.3, 0.4) is 0 Å². The number of hydrogen-bond donors (Lipinski definition) is 2. The minimum atomic E-state index is 0.162. The fourth-order valence-electron chi connectivity index (χ4n) is 1.77. The number of pyridine rings is 1. The highest BCUT2D eigenvalue weighted by Crippen LogP contribution is 2.24. The number of hydrazine groups is 1. The summed E-state index contributed by atoms with van der Waals surface area (Å²) in [5, 5.41) is 2.10. The first-order chi connectivity index (χ1) is 7.81. The molecule has 0 saturated heterocycles. The van der Waals surface area contributed by atoms with Gasteiger partial charge in [-0.2, -0.15) is 0 Å². The molecule has 1 unspecified atom stereocenters. The topological polar surface area (TPSA) is 50.9 Å². The van der Waals surface area contributed by atoms with Gasteiger partial charge >= 0.3 is 0 Å². The van der Waals surface area contributed by atoms with Crippen molar-refractivity contribution in [2.24, 2.45) is 5.84 Å². The quantitative estimate of drug-likeness (QED) is 0.629. The van der Waals surface area contributed by atoms with Crippen LogP contribution in [0.5, 0.6) is 0 Å². The van der Waals surface area contributed by atoms with Gasteiger partial charge in [0.15, 0.2) is 0 Å². The SMILES string of the molecule is Cc1sccc1C(Cc1cccnc1)NN. The zero-order valence-corrected chi connectivity index (χ0v) is 10.00. The van der Waals surface area contributed by atoms with E-state index >= 15 is 0 Å². The van der Waals surface area contributed by atoms with Crippen molar-refractivity contribution in [1.29, 1.82) is 0 Å². The molecule has 84 valence electrons. The van der Waals surface area contributed by atoms with Crippen LogP contribution in [-0.2, 0) is 6.42 Å².